The molecular weight excluding hydrogens is 446 g/mol. The minimum Gasteiger partial charge on any atom is -0.507 e. The minimum atomic E-state index is -6.13. The van der Waals surface area contributed by atoms with E-state index in [1.54, 1.807) is 12.1 Å². The van der Waals surface area contributed by atoms with Crippen molar-refractivity contribution >= 4 is 0 Å². The lowest BCUT2D eigenvalue weighted by molar-refractivity contribution is -0.305. The Bertz CT molecular complexity index is 850. The van der Waals surface area contributed by atoms with Crippen LogP contribution >= 0.6 is 0 Å². The number of phenolic OH excluding ortho intramolecular Hbond substituents is 1. The lowest BCUT2D eigenvalue weighted by atomic mass is 9.78. The van der Waals surface area contributed by atoms with Crippen molar-refractivity contribution in [1.82, 2.24) is 4.90 Å². The zero-order valence-corrected chi connectivity index (χ0v) is 18.6. The highest BCUT2D eigenvalue weighted by molar-refractivity contribution is 5.50. The largest absolute Gasteiger partial charge is 0.507 e. The number of rotatable bonds is 4. The summed E-state index contributed by atoms with van der Waals surface area (Å²) in [6, 6.07) is 0.0782. The molecule has 0 amide bonds. The smallest absolute Gasteiger partial charge is 0.455 e. The maximum atomic E-state index is 13.9. The van der Waals surface area contributed by atoms with Crippen LogP contribution in [0.1, 0.15) is 58.2 Å². The van der Waals surface area contributed by atoms with Crippen LogP contribution < -0.4 is 0 Å². The first-order valence-corrected chi connectivity index (χ1v) is 9.94. The molecule has 1 aromatic rings. The Hall–Kier alpha value is -2.00. The molecule has 32 heavy (non-hydrogen) atoms. The van der Waals surface area contributed by atoms with E-state index < -0.39 is 47.3 Å². The van der Waals surface area contributed by atoms with Crippen LogP contribution in [0.5, 0.6) is 5.75 Å². The SMILES string of the molecule is CC(C)(C)c1cc(CCN2C=C(C(F)(F)F)C2C(F)(F)C(F)(F)F)cc(C(C)(C)C)c1O. The molecule has 1 aromatic carbocycles. The second-order valence-corrected chi connectivity index (χ2v) is 10.1. The summed E-state index contributed by atoms with van der Waals surface area (Å²) in [5.74, 6) is -5.51. The van der Waals surface area contributed by atoms with Gasteiger partial charge < -0.3 is 10.0 Å². The van der Waals surface area contributed by atoms with Gasteiger partial charge in [0.05, 0.1) is 5.57 Å². The summed E-state index contributed by atoms with van der Waals surface area (Å²) < 4.78 is 105. The lowest BCUT2D eigenvalue weighted by Gasteiger charge is -2.45. The maximum Gasteiger partial charge on any atom is 0.455 e. The number of nitrogens with zero attached hydrogens (tertiary/aromatic N) is 1. The first-order valence-electron chi connectivity index (χ1n) is 9.94. The van der Waals surface area contributed by atoms with E-state index in [4.69, 9.17) is 0 Å². The standard InChI is InChI=1S/C22H27F8NO/c1-18(2,3)13-9-12(10-14(16(13)32)19(4,5)6)7-8-31-11-15(21(25,26)27)17(31)20(23,24)22(28,29)30/h9-11,17,32H,7-8H2,1-6H3. The molecule has 2 rings (SSSR count). The van der Waals surface area contributed by atoms with Crippen molar-refractivity contribution in [3.63, 3.8) is 0 Å². The van der Waals surface area contributed by atoms with Crippen LogP contribution in [0.3, 0.4) is 0 Å². The molecule has 0 bridgehead atoms. The van der Waals surface area contributed by atoms with Gasteiger partial charge in [-0.2, -0.15) is 35.1 Å². The number of aromatic hydroxyl groups is 1. The number of hydrogen-bond acceptors (Lipinski definition) is 2. The molecule has 1 N–H and O–H groups in total. The minimum absolute atomic E-state index is 0.0541. The molecule has 182 valence electrons. The number of halogens is 8. The van der Waals surface area contributed by atoms with E-state index in [2.05, 4.69) is 0 Å². The van der Waals surface area contributed by atoms with Crippen molar-refractivity contribution in [2.45, 2.75) is 83.1 Å². The molecule has 0 fully saturated rings. The fourth-order valence-electron chi connectivity index (χ4n) is 3.64. The summed E-state index contributed by atoms with van der Waals surface area (Å²) in [6.07, 6.45) is -11.2. The normalized spacial score (nSPS) is 18.5. The maximum absolute atomic E-state index is 13.9. The van der Waals surface area contributed by atoms with Gasteiger partial charge in [0.2, 0.25) is 0 Å². The fourth-order valence-corrected chi connectivity index (χ4v) is 3.64. The molecule has 2 nitrogen and oxygen atoms in total. The lowest BCUT2D eigenvalue weighted by Crippen LogP contribution is -2.61. The van der Waals surface area contributed by atoms with Crippen LogP contribution in [0.15, 0.2) is 23.9 Å². The molecule has 1 unspecified atom stereocenters. The average molecular weight is 473 g/mol. The van der Waals surface area contributed by atoms with Gasteiger partial charge in [-0.25, -0.2) is 0 Å². The molecule has 0 saturated heterocycles. The van der Waals surface area contributed by atoms with Crippen LogP contribution in [-0.2, 0) is 17.3 Å². The van der Waals surface area contributed by atoms with E-state index in [0.717, 1.165) is 0 Å². The quantitative estimate of drug-likeness (QED) is 0.483. The Kier molecular flexibility index (Phi) is 6.40. The highest BCUT2D eigenvalue weighted by Gasteiger charge is 2.69. The molecule has 1 atom stereocenters. The molecule has 1 heterocycles. The van der Waals surface area contributed by atoms with Gasteiger partial charge in [0.25, 0.3) is 0 Å². The fraction of sp³-hybridized carbons (Fsp3) is 0.636. The van der Waals surface area contributed by atoms with E-state index >= 15 is 0 Å². The molecule has 10 heteroatoms. The first-order chi connectivity index (χ1) is 14.1. The van der Waals surface area contributed by atoms with Crippen molar-refractivity contribution in [3.05, 3.63) is 40.6 Å². The predicted molar refractivity (Wildman–Crippen MR) is 105 cm³/mol. The van der Waals surface area contributed by atoms with Gasteiger partial charge in [0, 0.05) is 12.7 Å². The Morgan fingerprint density at radius 1 is 0.812 bits per heavy atom. The predicted octanol–water partition coefficient (Wildman–Crippen LogP) is 6.86. The van der Waals surface area contributed by atoms with E-state index in [-0.39, 0.29) is 12.2 Å². The van der Waals surface area contributed by atoms with Crippen molar-refractivity contribution in [2.24, 2.45) is 0 Å². The number of hydrogen-bond donors (Lipinski definition) is 1. The van der Waals surface area contributed by atoms with Gasteiger partial charge in [0.1, 0.15) is 11.8 Å². The summed E-state index contributed by atoms with van der Waals surface area (Å²) in [6.45, 7) is 10.6. The first kappa shape index (κ1) is 26.3. The number of phenols is 1. The zero-order valence-electron chi connectivity index (χ0n) is 18.6. The summed E-state index contributed by atoms with van der Waals surface area (Å²) in [5.41, 5.74) is -1.31. The highest BCUT2D eigenvalue weighted by atomic mass is 19.4. The monoisotopic (exact) mass is 473 g/mol. The number of benzene rings is 1. The highest BCUT2D eigenvalue weighted by Crippen LogP contribution is 2.50. The van der Waals surface area contributed by atoms with E-state index in [0.29, 0.717) is 27.8 Å². The molecule has 1 aliphatic rings. The molecule has 0 saturated carbocycles. The topological polar surface area (TPSA) is 23.5 Å². The Morgan fingerprint density at radius 3 is 1.59 bits per heavy atom. The van der Waals surface area contributed by atoms with Gasteiger partial charge in [-0.1, -0.05) is 53.7 Å². The van der Waals surface area contributed by atoms with E-state index in [9.17, 15) is 40.2 Å². The zero-order chi connectivity index (χ0) is 25.1. The van der Waals surface area contributed by atoms with Crippen LogP contribution in [-0.4, -0.2) is 40.9 Å². The van der Waals surface area contributed by atoms with Crippen molar-refractivity contribution in [2.75, 3.05) is 6.54 Å². The summed E-state index contributed by atoms with van der Waals surface area (Å²) in [7, 11) is 0. The van der Waals surface area contributed by atoms with E-state index in [1.165, 1.54) is 0 Å². The molecule has 1 aliphatic heterocycles. The summed E-state index contributed by atoms with van der Waals surface area (Å²) in [4.78, 5) is 0.386. The summed E-state index contributed by atoms with van der Waals surface area (Å²) >= 11 is 0. The third kappa shape index (κ3) is 4.98. The van der Waals surface area contributed by atoms with Crippen LogP contribution in [0.4, 0.5) is 35.1 Å². The van der Waals surface area contributed by atoms with Gasteiger partial charge in [-0.15, -0.1) is 0 Å². The van der Waals surface area contributed by atoms with Gasteiger partial charge in [-0.3, -0.25) is 0 Å². The van der Waals surface area contributed by atoms with Crippen LogP contribution in [0.2, 0.25) is 0 Å². The second-order valence-electron chi connectivity index (χ2n) is 10.1. The molecule has 0 spiro atoms. The number of alkyl halides is 8. The van der Waals surface area contributed by atoms with Gasteiger partial charge in [-0.05, 0) is 33.9 Å². The molecule has 0 radical (unpaired) electrons. The molecule has 0 aliphatic carbocycles. The summed E-state index contributed by atoms with van der Waals surface area (Å²) in [5, 5.41) is 10.7. The molecule has 0 aromatic heterocycles. The van der Waals surface area contributed by atoms with Crippen molar-refractivity contribution in [1.29, 1.82) is 0 Å². The van der Waals surface area contributed by atoms with E-state index in [1.807, 2.05) is 41.5 Å². The Labute approximate surface area is 181 Å². The Balaban J connectivity index is 2.41. The van der Waals surface area contributed by atoms with Crippen molar-refractivity contribution < 1.29 is 40.2 Å². The average Bonchev–Trinajstić information content (AvgIpc) is 2.49. The Morgan fingerprint density at radius 2 is 1.25 bits per heavy atom. The molecular formula is C22H27F8NO. The van der Waals surface area contributed by atoms with Crippen LogP contribution in [0.25, 0.3) is 0 Å². The third-order valence-electron chi connectivity index (χ3n) is 5.42. The van der Waals surface area contributed by atoms with Crippen molar-refractivity contribution in [3.8, 4) is 5.75 Å². The van der Waals surface area contributed by atoms with Gasteiger partial charge >= 0.3 is 18.3 Å². The third-order valence-corrected chi connectivity index (χ3v) is 5.42. The van der Waals surface area contributed by atoms with Crippen LogP contribution in [0, 0.1) is 0 Å². The van der Waals surface area contributed by atoms with Gasteiger partial charge in [0.15, 0.2) is 0 Å². The second kappa shape index (κ2) is 7.80.